The summed E-state index contributed by atoms with van der Waals surface area (Å²) in [5, 5.41) is 11.5. The van der Waals surface area contributed by atoms with Crippen LogP contribution in [0.1, 0.15) is 26.3 Å². The summed E-state index contributed by atoms with van der Waals surface area (Å²) in [5.41, 5.74) is 6.09. The standard InChI is InChI=1S/C24H24N4O4/c29-23(26-16-17-1-3-19(4-2-17)24(30)27-31)20-9-10-25-22(15-20)18-5-7-21(8-6-18)28-11-13-32-14-12-28/h1-10,15,31H,11-14,16H2,(H,26,29)(H,27,30). The SMILES string of the molecule is O=C(NO)c1ccc(CNC(=O)c2ccnc(-c3ccc(N4CCOCC4)cc3)c2)cc1. The Hall–Kier alpha value is -3.75. The maximum absolute atomic E-state index is 12.6. The number of nitrogens with one attached hydrogen (secondary N) is 2. The molecular weight excluding hydrogens is 408 g/mol. The first kappa shape index (κ1) is 21.5. The Kier molecular flexibility index (Phi) is 6.74. The van der Waals surface area contributed by atoms with Crippen LogP contribution in [-0.2, 0) is 11.3 Å². The molecule has 2 amide bonds. The molecule has 1 aliphatic rings. The number of carbonyl (C=O) groups excluding carboxylic acids is 2. The molecule has 1 aromatic heterocycles. The number of aromatic nitrogens is 1. The summed E-state index contributed by atoms with van der Waals surface area (Å²) in [6, 6.07) is 18.2. The van der Waals surface area contributed by atoms with E-state index in [2.05, 4.69) is 27.3 Å². The summed E-state index contributed by atoms with van der Waals surface area (Å²) in [7, 11) is 0. The maximum Gasteiger partial charge on any atom is 0.274 e. The topological polar surface area (TPSA) is 104 Å². The average Bonchev–Trinajstić information content (AvgIpc) is 2.88. The minimum absolute atomic E-state index is 0.212. The first-order chi connectivity index (χ1) is 15.6. The Balaban J connectivity index is 1.39. The van der Waals surface area contributed by atoms with Gasteiger partial charge in [-0.1, -0.05) is 24.3 Å². The van der Waals surface area contributed by atoms with E-state index in [1.165, 1.54) is 0 Å². The summed E-state index contributed by atoms with van der Waals surface area (Å²) >= 11 is 0. The van der Waals surface area contributed by atoms with Crippen molar-refractivity contribution >= 4 is 17.5 Å². The Bertz CT molecular complexity index is 1080. The number of rotatable bonds is 6. The van der Waals surface area contributed by atoms with Crippen molar-refractivity contribution in [3.05, 3.63) is 83.6 Å². The molecule has 4 rings (SSSR count). The number of carbonyl (C=O) groups is 2. The normalized spacial score (nSPS) is 13.5. The highest BCUT2D eigenvalue weighted by atomic mass is 16.5. The van der Waals surface area contributed by atoms with E-state index < -0.39 is 5.91 Å². The molecule has 2 aromatic carbocycles. The zero-order valence-corrected chi connectivity index (χ0v) is 17.5. The van der Waals surface area contributed by atoms with Gasteiger partial charge in [-0.25, -0.2) is 5.48 Å². The maximum atomic E-state index is 12.6. The molecule has 1 fully saturated rings. The quantitative estimate of drug-likeness (QED) is 0.409. The third-order valence-corrected chi connectivity index (χ3v) is 5.33. The van der Waals surface area contributed by atoms with Crippen LogP contribution in [0.5, 0.6) is 0 Å². The predicted octanol–water partition coefficient (Wildman–Crippen LogP) is 2.63. The highest BCUT2D eigenvalue weighted by Gasteiger charge is 2.12. The number of hydrogen-bond donors (Lipinski definition) is 3. The molecule has 0 spiro atoms. The molecular formula is C24H24N4O4. The van der Waals surface area contributed by atoms with Crippen LogP contribution in [0, 0.1) is 0 Å². The van der Waals surface area contributed by atoms with Gasteiger partial charge in [-0.2, -0.15) is 0 Å². The van der Waals surface area contributed by atoms with Gasteiger partial charge in [-0.05, 0) is 42.0 Å². The third kappa shape index (κ3) is 5.11. The lowest BCUT2D eigenvalue weighted by Crippen LogP contribution is -2.36. The van der Waals surface area contributed by atoms with Gasteiger partial charge in [0.15, 0.2) is 0 Å². The Morgan fingerprint density at radius 3 is 2.34 bits per heavy atom. The summed E-state index contributed by atoms with van der Waals surface area (Å²) in [5.74, 6) is -0.793. The molecule has 1 saturated heterocycles. The Labute approximate surface area is 185 Å². The second-order valence-electron chi connectivity index (χ2n) is 7.40. The molecule has 0 saturated carbocycles. The van der Waals surface area contributed by atoms with Gasteiger partial charge in [0.1, 0.15) is 0 Å². The largest absolute Gasteiger partial charge is 0.378 e. The van der Waals surface area contributed by atoms with Gasteiger partial charge >= 0.3 is 0 Å². The van der Waals surface area contributed by atoms with E-state index in [0.29, 0.717) is 17.7 Å². The van der Waals surface area contributed by atoms with Gasteiger partial charge in [0, 0.05) is 48.2 Å². The van der Waals surface area contributed by atoms with E-state index in [1.54, 1.807) is 48.1 Å². The second-order valence-corrected chi connectivity index (χ2v) is 7.40. The first-order valence-electron chi connectivity index (χ1n) is 10.3. The lowest BCUT2D eigenvalue weighted by molar-refractivity contribution is 0.0706. The smallest absolute Gasteiger partial charge is 0.274 e. The van der Waals surface area contributed by atoms with Crippen molar-refractivity contribution in [3.8, 4) is 11.3 Å². The number of anilines is 1. The first-order valence-corrected chi connectivity index (χ1v) is 10.3. The zero-order valence-electron chi connectivity index (χ0n) is 17.5. The summed E-state index contributed by atoms with van der Waals surface area (Å²) in [6.45, 7) is 3.55. The van der Waals surface area contributed by atoms with Crippen LogP contribution in [0.3, 0.4) is 0 Å². The number of benzene rings is 2. The monoisotopic (exact) mass is 432 g/mol. The fraction of sp³-hybridized carbons (Fsp3) is 0.208. The number of hydrogen-bond acceptors (Lipinski definition) is 6. The van der Waals surface area contributed by atoms with Crippen molar-refractivity contribution in [3.63, 3.8) is 0 Å². The number of nitrogens with zero attached hydrogens (tertiary/aromatic N) is 2. The molecule has 164 valence electrons. The van der Waals surface area contributed by atoms with E-state index >= 15 is 0 Å². The van der Waals surface area contributed by atoms with Crippen LogP contribution >= 0.6 is 0 Å². The van der Waals surface area contributed by atoms with E-state index in [0.717, 1.165) is 48.8 Å². The third-order valence-electron chi connectivity index (χ3n) is 5.33. The Morgan fingerprint density at radius 2 is 1.66 bits per heavy atom. The van der Waals surface area contributed by atoms with E-state index in [4.69, 9.17) is 9.94 Å². The second kappa shape index (κ2) is 10.0. The predicted molar refractivity (Wildman–Crippen MR) is 120 cm³/mol. The summed E-state index contributed by atoms with van der Waals surface area (Å²) < 4.78 is 5.40. The number of pyridine rings is 1. The van der Waals surface area contributed by atoms with Gasteiger partial charge in [-0.3, -0.25) is 19.8 Å². The minimum atomic E-state index is -0.581. The molecule has 0 bridgehead atoms. The van der Waals surface area contributed by atoms with Crippen molar-refractivity contribution in [1.29, 1.82) is 0 Å². The van der Waals surface area contributed by atoms with Crippen molar-refractivity contribution < 1.29 is 19.5 Å². The number of morpholine rings is 1. The van der Waals surface area contributed by atoms with Crippen molar-refractivity contribution in [2.24, 2.45) is 0 Å². The molecule has 0 aliphatic carbocycles. The highest BCUT2D eigenvalue weighted by Crippen LogP contribution is 2.23. The number of hydroxylamine groups is 1. The van der Waals surface area contributed by atoms with Gasteiger partial charge in [0.2, 0.25) is 0 Å². The molecule has 0 radical (unpaired) electrons. The van der Waals surface area contributed by atoms with E-state index in [1.807, 2.05) is 12.1 Å². The lowest BCUT2D eigenvalue weighted by atomic mass is 10.1. The number of ether oxygens (including phenoxy) is 1. The average molecular weight is 432 g/mol. The van der Waals surface area contributed by atoms with E-state index in [-0.39, 0.29) is 5.91 Å². The van der Waals surface area contributed by atoms with Gasteiger partial charge < -0.3 is 15.0 Å². The molecule has 8 heteroatoms. The van der Waals surface area contributed by atoms with Crippen molar-refractivity contribution in [2.75, 3.05) is 31.2 Å². The van der Waals surface area contributed by atoms with Gasteiger partial charge in [0.05, 0.1) is 18.9 Å². The van der Waals surface area contributed by atoms with Crippen LogP contribution in [0.2, 0.25) is 0 Å². The molecule has 3 N–H and O–H groups in total. The van der Waals surface area contributed by atoms with Crippen molar-refractivity contribution in [1.82, 2.24) is 15.8 Å². The fourth-order valence-electron chi connectivity index (χ4n) is 3.52. The highest BCUT2D eigenvalue weighted by molar-refractivity contribution is 5.95. The number of amides is 2. The molecule has 8 nitrogen and oxygen atoms in total. The van der Waals surface area contributed by atoms with Gasteiger partial charge in [-0.15, -0.1) is 0 Å². The van der Waals surface area contributed by atoms with Crippen molar-refractivity contribution in [2.45, 2.75) is 6.54 Å². The van der Waals surface area contributed by atoms with Crippen LogP contribution < -0.4 is 15.7 Å². The van der Waals surface area contributed by atoms with E-state index in [9.17, 15) is 9.59 Å². The molecule has 0 atom stereocenters. The summed E-state index contributed by atoms with van der Waals surface area (Å²) in [6.07, 6.45) is 1.63. The molecule has 2 heterocycles. The molecule has 1 aliphatic heterocycles. The van der Waals surface area contributed by atoms with Crippen LogP contribution in [-0.4, -0.2) is 48.3 Å². The van der Waals surface area contributed by atoms with Crippen LogP contribution in [0.15, 0.2) is 66.9 Å². The molecule has 0 unspecified atom stereocenters. The van der Waals surface area contributed by atoms with Gasteiger partial charge in [0.25, 0.3) is 11.8 Å². The molecule has 3 aromatic rings. The minimum Gasteiger partial charge on any atom is -0.378 e. The fourth-order valence-corrected chi connectivity index (χ4v) is 3.52. The van der Waals surface area contributed by atoms with Crippen LogP contribution in [0.25, 0.3) is 11.3 Å². The zero-order chi connectivity index (χ0) is 22.3. The lowest BCUT2D eigenvalue weighted by Gasteiger charge is -2.28. The molecule has 32 heavy (non-hydrogen) atoms. The van der Waals surface area contributed by atoms with Crippen LogP contribution in [0.4, 0.5) is 5.69 Å². The summed E-state index contributed by atoms with van der Waals surface area (Å²) in [4.78, 5) is 30.7. The Morgan fingerprint density at radius 1 is 0.938 bits per heavy atom.